The molecule has 0 saturated carbocycles. The van der Waals surface area contributed by atoms with E-state index < -0.39 is 59.7 Å². The van der Waals surface area contributed by atoms with Crippen molar-refractivity contribution in [2.45, 2.75) is 38.4 Å². The molecule has 1 unspecified atom stereocenters. The molecule has 1 fully saturated rings. The third-order valence-corrected chi connectivity index (χ3v) is 11.4. The molecule has 1 saturated heterocycles. The van der Waals surface area contributed by atoms with Crippen LogP contribution in [-0.2, 0) is 45.0 Å². The first kappa shape index (κ1) is 39.6. The maximum absolute atomic E-state index is 14.0. The molecule has 0 amide bonds. The molecule has 3 heterocycles. The average Bonchev–Trinajstić information content (AvgIpc) is 3.87. The monoisotopic (exact) mass is 815 g/mol. The first-order valence-electron chi connectivity index (χ1n) is 17.4. The van der Waals surface area contributed by atoms with Crippen molar-refractivity contribution >= 4 is 44.7 Å². The molecule has 7 rings (SSSR count). The van der Waals surface area contributed by atoms with Crippen LogP contribution in [0.15, 0.2) is 122 Å². The molecule has 19 heteroatoms. The molecule has 57 heavy (non-hydrogen) atoms. The molecule has 0 bridgehead atoms. The summed E-state index contributed by atoms with van der Waals surface area (Å²) in [5.74, 6) is -0.563. The van der Waals surface area contributed by atoms with Crippen LogP contribution in [0.1, 0.15) is 50.9 Å². The minimum absolute atomic E-state index is 0.0667. The number of carbonyl (C=O) groups is 2. The quantitative estimate of drug-likeness (QED) is 0.0560. The fourth-order valence-electron chi connectivity index (χ4n) is 5.57. The van der Waals surface area contributed by atoms with Gasteiger partial charge in [-0.15, -0.1) is 0 Å². The second-order valence-electron chi connectivity index (χ2n) is 12.5. The molecule has 17 nitrogen and oxygen atoms in total. The number of ether oxygens (including phenoxy) is 3. The largest absolute Gasteiger partial charge is 0.484 e. The van der Waals surface area contributed by atoms with Gasteiger partial charge in [0.2, 0.25) is 5.95 Å². The van der Waals surface area contributed by atoms with Gasteiger partial charge in [0.05, 0.1) is 49.6 Å². The number of hydrogen-bond acceptors (Lipinski definition) is 15. The normalized spacial score (nSPS) is 16.6. The Morgan fingerprint density at radius 3 is 1.84 bits per heavy atom. The predicted octanol–water partition coefficient (Wildman–Crippen LogP) is 7.20. The highest BCUT2D eigenvalue weighted by molar-refractivity contribution is 7.61. The van der Waals surface area contributed by atoms with Crippen LogP contribution < -0.4 is 15.2 Å². The number of hydrogen-bond donors (Lipinski definition) is 2. The number of phosphoric ester groups is 2. The Hall–Kier alpha value is -5.61. The van der Waals surface area contributed by atoms with E-state index in [4.69, 9.17) is 37.8 Å². The summed E-state index contributed by atoms with van der Waals surface area (Å²) in [6.07, 6.45) is 2.79. The van der Waals surface area contributed by atoms with Crippen molar-refractivity contribution in [2.75, 3.05) is 12.3 Å². The van der Waals surface area contributed by atoms with Gasteiger partial charge < -0.3 is 24.8 Å². The zero-order valence-electron chi connectivity index (χ0n) is 29.9. The lowest BCUT2D eigenvalue weighted by Gasteiger charge is -2.21. The Morgan fingerprint density at radius 1 is 0.754 bits per heavy atom. The summed E-state index contributed by atoms with van der Waals surface area (Å²) in [4.78, 5) is 48.0. The first-order valence-corrected chi connectivity index (χ1v) is 20.4. The number of nitrogens with zero attached hydrogens (tertiary/aromatic N) is 4. The van der Waals surface area contributed by atoms with E-state index in [9.17, 15) is 23.6 Å². The minimum Gasteiger partial charge on any atom is -0.423 e. The summed E-state index contributed by atoms with van der Waals surface area (Å²) in [6, 6.07) is 29.1. The van der Waals surface area contributed by atoms with Crippen LogP contribution >= 0.6 is 15.6 Å². The second-order valence-corrected chi connectivity index (χ2v) is 15.8. The fourth-order valence-corrected chi connectivity index (χ4v) is 8.19. The van der Waals surface area contributed by atoms with Crippen molar-refractivity contribution in [1.82, 2.24) is 19.5 Å². The highest BCUT2D eigenvalue weighted by Crippen LogP contribution is 2.64. The van der Waals surface area contributed by atoms with Gasteiger partial charge in [-0.3, -0.25) is 18.1 Å². The molecule has 1 aliphatic heterocycles. The smallest absolute Gasteiger partial charge is 0.423 e. The molecule has 1 aliphatic rings. The number of benzene rings is 4. The van der Waals surface area contributed by atoms with Gasteiger partial charge in [-0.05, 0) is 72.5 Å². The Labute approximate surface area is 325 Å². The lowest BCUT2D eigenvalue weighted by molar-refractivity contribution is -0.0209. The number of imidazole rings is 1. The van der Waals surface area contributed by atoms with E-state index >= 15 is 0 Å². The highest BCUT2D eigenvalue weighted by atomic mass is 31.3. The molecule has 3 atom stereocenters. The third kappa shape index (κ3) is 10.6. The van der Waals surface area contributed by atoms with E-state index in [0.717, 1.165) is 0 Å². The van der Waals surface area contributed by atoms with Gasteiger partial charge in [0.1, 0.15) is 23.2 Å². The van der Waals surface area contributed by atoms with Crippen LogP contribution in [-0.4, -0.2) is 49.1 Å². The third-order valence-electron chi connectivity index (χ3n) is 8.42. The van der Waals surface area contributed by atoms with E-state index in [2.05, 4.69) is 15.0 Å². The maximum Gasteiger partial charge on any atom is 0.484 e. The number of nitrogen functional groups attached to an aromatic ring is 1. The Bertz CT molecular complexity index is 2310. The van der Waals surface area contributed by atoms with Crippen molar-refractivity contribution < 1.29 is 55.7 Å². The number of aromatic nitrogens is 4. The number of esters is 2. The summed E-state index contributed by atoms with van der Waals surface area (Å²) < 4.78 is 67.1. The number of carbonyl (C=O) groups excluding carboxylic acids is 2. The molecule has 4 aromatic carbocycles. The van der Waals surface area contributed by atoms with Gasteiger partial charge >= 0.3 is 27.6 Å². The summed E-state index contributed by atoms with van der Waals surface area (Å²) in [7, 11) is -9.96. The SMILES string of the molecule is Nc1ncc2ncn([C@H]3CC[C@@H](COP(=O)(O)OP(=O)(OCc4ccc(OC(=O)c5ccccc5)cc4)OCc4ccc(OC(=O)c5ccccc5)cc4)O3)c2n1. The number of phosphoric acid groups is 2. The van der Waals surface area contributed by atoms with Crippen LogP contribution in [0.4, 0.5) is 5.95 Å². The fraction of sp³-hybridized carbons (Fsp3) is 0.184. The molecular formula is C38H35N5O12P2. The van der Waals surface area contributed by atoms with Crippen LogP contribution in [0.2, 0.25) is 0 Å². The van der Waals surface area contributed by atoms with Gasteiger partial charge in [-0.2, -0.15) is 9.29 Å². The van der Waals surface area contributed by atoms with E-state index in [1.165, 1.54) is 36.8 Å². The maximum atomic E-state index is 14.0. The molecule has 3 N–H and O–H groups in total. The number of anilines is 1. The van der Waals surface area contributed by atoms with Gasteiger partial charge in [0, 0.05) is 0 Å². The summed E-state index contributed by atoms with van der Waals surface area (Å²) >= 11 is 0. The number of nitrogens with two attached hydrogens (primary N) is 1. The van der Waals surface area contributed by atoms with Gasteiger partial charge in [-0.1, -0.05) is 60.7 Å². The lowest BCUT2D eigenvalue weighted by Crippen LogP contribution is -2.16. The number of rotatable bonds is 16. The van der Waals surface area contributed by atoms with Crippen molar-refractivity contribution in [3.63, 3.8) is 0 Å². The molecule has 294 valence electrons. The summed E-state index contributed by atoms with van der Waals surface area (Å²) in [5, 5.41) is 0. The molecule has 0 spiro atoms. The predicted molar refractivity (Wildman–Crippen MR) is 203 cm³/mol. The van der Waals surface area contributed by atoms with Gasteiger partial charge in [0.25, 0.3) is 0 Å². The molecule has 0 aliphatic carbocycles. The lowest BCUT2D eigenvalue weighted by atomic mass is 10.2. The van der Waals surface area contributed by atoms with Crippen LogP contribution in [0.3, 0.4) is 0 Å². The van der Waals surface area contributed by atoms with Crippen LogP contribution in [0.25, 0.3) is 11.2 Å². The Balaban J connectivity index is 0.988. The van der Waals surface area contributed by atoms with E-state index in [1.54, 1.807) is 89.5 Å². The first-order chi connectivity index (χ1) is 27.5. The van der Waals surface area contributed by atoms with E-state index in [0.29, 0.717) is 46.3 Å². The summed E-state index contributed by atoms with van der Waals surface area (Å²) in [6.45, 7) is -1.21. The standard InChI is InChI=1S/C38H35N5O12P2/c39-38-40-21-33-35(42-38)43(25-41-33)34-20-19-32(52-34)24-49-56(46,47)55-57(48,50-22-26-11-15-30(16-12-26)53-36(44)28-7-3-1-4-8-28)51-23-27-13-17-31(18-14-27)54-37(45)29-9-5-2-6-10-29/h1-18,21,25,32,34H,19-20,22-24H2,(H,46,47)(H2,39,40,42)/t32-,34+/m0/s1. The molecule has 2 aromatic heterocycles. The Morgan fingerprint density at radius 2 is 1.30 bits per heavy atom. The molecular weight excluding hydrogens is 780 g/mol. The summed E-state index contributed by atoms with van der Waals surface area (Å²) in [5.41, 5.74) is 8.32. The van der Waals surface area contributed by atoms with Gasteiger partial charge in [-0.25, -0.2) is 28.7 Å². The van der Waals surface area contributed by atoms with Crippen molar-refractivity contribution in [1.29, 1.82) is 0 Å². The van der Waals surface area contributed by atoms with Crippen molar-refractivity contribution in [3.8, 4) is 11.5 Å². The van der Waals surface area contributed by atoms with Crippen LogP contribution in [0.5, 0.6) is 11.5 Å². The zero-order valence-corrected chi connectivity index (χ0v) is 31.7. The Kier molecular flexibility index (Phi) is 12.3. The minimum atomic E-state index is -5.11. The topological polar surface area (TPSA) is 223 Å². The van der Waals surface area contributed by atoms with Crippen LogP contribution in [0, 0.1) is 0 Å². The van der Waals surface area contributed by atoms with Gasteiger partial charge in [0.15, 0.2) is 5.65 Å². The average molecular weight is 816 g/mol. The number of fused-ring (bicyclic) bond motifs is 1. The van der Waals surface area contributed by atoms with E-state index in [-0.39, 0.29) is 17.4 Å². The van der Waals surface area contributed by atoms with Crippen molar-refractivity contribution in [3.05, 3.63) is 144 Å². The van der Waals surface area contributed by atoms with E-state index in [1.807, 2.05) is 0 Å². The molecule has 0 radical (unpaired) electrons. The second kappa shape index (κ2) is 17.7. The van der Waals surface area contributed by atoms with Crippen molar-refractivity contribution in [2.24, 2.45) is 0 Å². The zero-order chi connectivity index (χ0) is 39.8. The molecule has 6 aromatic rings. The highest BCUT2D eigenvalue weighted by Gasteiger charge is 2.40.